The van der Waals surface area contributed by atoms with Crippen LogP contribution in [0.15, 0.2) is 24.3 Å². The van der Waals surface area contributed by atoms with Crippen molar-refractivity contribution in [2.24, 2.45) is 35.5 Å². The number of hydrogen-bond acceptors (Lipinski definition) is 2. The Bertz CT molecular complexity index is 913. The van der Waals surface area contributed by atoms with E-state index in [4.69, 9.17) is 9.47 Å². The highest BCUT2D eigenvalue weighted by Crippen LogP contribution is 2.47. The molecular formula is C35H52F2O2. The van der Waals surface area contributed by atoms with Gasteiger partial charge in [0, 0.05) is 5.92 Å². The van der Waals surface area contributed by atoms with Crippen LogP contribution in [0.1, 0.15) is 122 Å². The van der Waals surface area contributed by atoms with E-state index in [0.717, 1.165) is 48.9 Å². The summed E-state index contributed by atoms with van der Waals surface area (Å²) >= 11 is 0. The number of benzene rings is 1. The monoisotopic (exact) mass is 542 g/mol. The first-order valence-electron chi connectivity index (χ1n) is 16.4. The molecule has 0 amide bonds. The summed E-state index contributed by atoms with van der Waals surface area (Å²) in [6.45, 7) is 5.01. The first-order chi connectivity index (χ1) is 19.1. The molecule has 2 atom stereocenters. The molecule has 0 N–H and O–H groups in total. The van der Waals surface area contributed by atoms with E-state index in [1.807, 2.05) is 6.92 Å². The van der Waals surface area contributed by atoms with Gasteiger partial charge in [0.15, 0.2) is 11.6 Å². The third-order valence-corrected chi connectivity index (χ3v) is 11.1. The van der Waals surface area contributed by atoms with Crippen LogP contribution in [0.3, 0.4) is 0 Å². The van der Waals surface area contributed by atoms with Crippen molar-refractivity contribution in [3.63, 3.8) is 0 Å². The van der Waals surface area contributed by atoms with E-state index < -0.39 is 11.6 Å². The van der Waals surface area contributed by atoms with E-state index in [9.17, 15) is 8.78 Å². The SMILES string of the molecule is C/C=C/C1CCC(C2CCC(C3CCC(C4CCC(c5ccc(OCCC)c(F)c5F)CO4)CC3)CC2)CC1. The predicted molar refractivity (Wildman–Crippen MR) is 155 cm³/mol. The molecule has 1 saturated heterocycles. The molecule has 39 heavy (non-hydrogen) atoms. The lowest BCUT2D eigenvalue weighted by Gasteiger charge is -2.43. The zero-order chi connectivity index (χ0) is 27.2. The average Bonchev–Trinajstić information content (AvgIpc) is 2.99. The van der Waals surface area contributed by atoms with Crippen molar-refractivity contribution < 1.29 is 18.3 Å². The summed E-state index contributed by atoms with van der Waals surface area (Å²) in [5.41, 5.74) is 0.444. The molecule has 0 radical (unpaired) electrons. The quantitative estimate of drug-likeness (QED) is 0.304. The van der Waals surface area contributed by atoms with E-state index in [0.29, 0.717) is 24.7 Å². The first-order valence-corrected chi connectivity index (χ1v) is 16.4. The smallest absolute Gasteiger partial charge is 0.200 e. The average molecular weight is 543 g/mol. The lowest BCUT2D eigenvalue weighted by atomic mass is 9.64. The molecule has 1 aliphatic heterocycles. The minimum Gasteiger partial charge on any atom is -0.490 e. The first kappa shape index (κ1) is 29.1. The molecule has 1 aromatic rings. The van der Waals surface area contributed by atoms with Gasteiger partial charge in [0.1, 0.15) is 0 Å². The lowest BCUT2D eigenvalue weighted by molar-refractivity contribution is -0.0471. The van der Waals surface area contributed by atoms with Gasteiger partial charge < -0.3 is 9.47 Å². The van der Waals surface area contributed by atoms with Crippen LogP contribution in [-0.4, -0.2) is 19.3 Å². The van der Waals surface area contributed by atoms with Crippen LogP contribution in [-0.2, 0) is 4.74 Å². The van der Waals surface area contributed by atoms with Crippen molar-refractivity contribution in [2.75, 3.05) is 13.2 Å². The van der Waals surface area contributed by atoms with Crippen LogP contribution >= 0.6 is 0 Å². The summed E-state index contributed by atoms with van der Waals surface area (Å²) in [5.74, 6) is 3.66. The summed E-state index contributed by atoms with van der Waals surface area (Å²) in [6, 6.07) is 3.28. The van der Waals surface area contributed by atoms with Gasteiger partial charge in [-0.15, -0.1) is 0 Å². The molecule has 4 heteroatoms. The largest absolute Gasteiger partial charge is 0.490 e. The fourth-order valence-corrected chi connectivity index (χ4v) is 8.73. The lowest BCUT2D eigenvalue weighted by Crippen LogP contribution is -2.35. The maximum Gasteiger partial charge on any atom is 0.200 e. The zero-order valence-corrected chi connectivity index (χ0v) is 24.5. The topological polar surface area (TPSA) is 18.5 Å². The molecule has 4 fully saturated rings. The zero-order valence-electron chi connectivity index (χ0n) is 24.5. The van der Waals surface area contributed by atoms with Crippen LogP contribution in [0.25, 0.3) is 0 Å². The predicted octanol–water partition coefficient (Wildman–Crippen LogP) is 10.0. The molecule has 3 saturated carbocycles. The van der Waals surface area contributed by atoms with E-state index in [-0.39, 0.29) is 17.8 Å². The van der Waals surface area contributed by atoms with Crippen molar-refractivity contribution in [1.29, 1.82) is 0 Å². The van der Waals surface area contributed by atoms with Crippen molar-refractivity contribution in [1.82, 2.24) is 0 Å². The van der Waals surface area contributed by atoms with Crippen LogP contribution in [0, 0.1) is 47.1 Å². The van der Waals surface area contributed by atoms with Gasteiger partial charge in [-0.05, 0) is 150 Å². The Balaban J connectivity index is 1.03. The standard InChI is InChI=1S/C35H52F2O2/c1-3-5-24-6-8-25(9-7-24)26-10-12-27(13-11-26)28-14-16-29(17-15-28)32-20-18-30(23-39-32)31-19-21-33(38-22-4-2)35(37)34(31)36/h3,5,19,21,24-30,32H,4,6-18,20,22-23H2,1-2H3/b5-3+. The van der Waals surface area contributed by atoms with Crippen LogP contribution in [0.4, 0.5) is 8.78 Å². The normalized spacial score (nSPS) is 36.2. The fourth-order valence-electron chi connectivity index (χ4n) is 8.73. The van der Waals surface area contributed by atoms with Gasteiger partial charge in [-0.25, -0.2) is 4.39 Å². The van der Waals surface area contributed by atoms with Gasteiger partial charge in [-0.3, -0.25) is 0 Å². The summed E-state index contributed by atoms with van der Waals surface area (Å²) in [7, 11) is 0. The number of rotatable bonds is 8. The Hall–Kier alpha value is -1.42. The molecule has 2 nitrogen and oxygen atoms in total. The second-order valence-electron chi connectivity index (χ2n) is 13.3. The maximum atomic E-state index is 14.8. The Morgan fingerprint density at radius 3 is 1.82 bits per heavy atom. The minimum atomic E-state index is -0.854. The molecule has 3 aliphatic carbocycles. The second-order valence-corrected chi connectivity index (χ2v) is 13.3. The highest BCUT2D eigenvalue weighted by atomic mass is 19.2. The summed E-state index contributed by atoms with van der Waals surface area (Å²) < 4.78 is 41.0. The highest BCUT2D eigenvalue weighted by Gasteiger charge is 2.37. The number of ether oxygens (including phenoxy) is 2. The van der Waals surface area contributed by atoms with Gasteiger partial charge in [-0.1, -0.05) is 25.1 Å². The van der Waals surface area contributed by atoms with Crippen LogP contribution < -0.4 is 4.74 Å². The molecular weight excluding hydrogens is 490 g/mol. The fraction of sp³-hybridized carbons (Fsp3) is 0.771. The van der Waals surface area contributed by atoms with E-state index in [2.05, 4.69) is 19.1 Å². The molecule has 1 aromatic carbocycles. The van der Waals surface area contributed by atoms with Gasteiger partial charge in [0.2, 0.25) is 5.82 Å². The van der Waals surface area contributed by atoms with Crippen molar-refractivity contribution >= 4 is 0 Å². The Labute approximate surface area is 236 Å². The number of allylic oxidation sites excluding steroid dienone is 2. The highest BCUT2D eigenvalue weighted by molar-refractivity contribution is 5.33. The van der Waals surface area contributed by atoms with Crippen LogP contribution in [0.5, 0.6) is 5.75 Å². The molecule has 0 spiro atoms. The summed E-state index contributed by atoms with van der Waals surface area (Å²) in [4.78, 5) is 0. The van der Waals surface area contributed by atoms with E-state index in [1.54, 1.807) is 12.1 Å². The molecule has 0 bridgehead atoms. The van der Waals surface area contributed by atoms with Crippen molar-refractivity contribution in [2.45, 2.75) is 122 Å². The molecule has 2 unspecified atom stereocenters. The molecule has 218 valence electrons. The Morgan fingerprint density at radius 1 is 0.744 bits per heavy atom. The molecule has 4 aliphatic rings. The minimum absolute atomic E-state index is 0.0187. The third-order valence-electron chi connectivity index (χ3n) is 11.1. The molecule has 1 heterocycles. The van der Waals surface area contributed by atoms with Crippen molar-refractivity contribution in [3.8, 4) is 5.75 Å². The van der Waals surface area contributed by atoms with E-state index in [1.165, 1.54) is 77.0 Å². The summed E-state index contributed by atoms with van der Waals surface area (Å²) in [6.07, 6.45) is 24.4. The molecule has 0 aromatic heterocycles. The third kappa shape index (κ3) is 7.08. The number of hydrogen-bond donors (Lipinski definition) is 0. The van der Waals surface area contributed by atoms with Gasteiger partial charge >= 0.3 is 0 Å². The molecule has 5 rings (SSSR count). The summed E-state index contributed by atoms with van der Waals surface area (Å²) in [5, 5.41) is 0. The Kier molecular flexibility index (Phi) is 10.4. The Morgan fingerprint density at radius 2 is 1.31 bits per heavy atom. The van der Waals surface area contributed by atoms with Gasteiger partial charge in [0.05, 0.1) is 19.3 Å². The number of halogens is 2. The maximum absolute atomic E-state index is 14.8. The second kappa shape index (κ2) is 14.0. The van der Waals surface area contributed by atoms with Crippen molar-refractivity contribution in [3.05, 3.63) is 41.5 Å². The van der Waals surface area contributed by atoms with Crippen LogP contribution in [0.2, 0.25) is 0 Å². The van der Waals surface area contributed by atoms with E-state index >= 15 is 0 Å². The van der Waals surface area contributed by atoms with Gasteiger partial charge in [-0.2, -0.15) is 4.39 Å². The van der Waals surface area contributed by atoms with Gasteiger partial charge in [0.25, 0.3) is 0 Å².